The van der Waals surface area contributed by atoms with Gasteiger partial charge in [-0.15, -0.1) is 0 Å². The summed E-state index contributed by atoms with van der Waals surface area (Å²) in [5.41, 5.74) is 6.91. The lowest BCUT2D eigenvalue weighted by atomic mass is 10.2. The maximum Gasteiger partial charge on any atom is 0.320 e. The first kappa shape index (κ1) is 18.9. The van der Waals surface area contributed by atoms with Crippen molar-refractivity contribution in [3.05, 3.63) is 42.0 Å². The van der Waals surface area contributed by atoms with Crippen molar-refractivity contribution < 1.29 is 19.5 Å². The van der Waals surface area contributed by atoms with Gasteiger partial charge in [0, 0.05) is 12.2 Å². The van der Waals surface area contributed by atoms with Crippen LogP contribution >= 0.6 is 11.8 Å². The number of thioether (sulfide) groups is 1. The van der Waals surface area contributed by atoms with E-state index in [0.717, 1.165) is 16.2 Å². The summed E-state index contributed by atoms with van der Waals surface area (Å²) in [5, 5.41) is 8.27. The molecule has 0 spiro atoms. The molecule has 0 fully saturated rings. The van der Waals surface area contributed by atoms with Gasteiger partial charge in [-0.2, -0.15) is 11.8 Å². The van der Waals surface area contributed by atoms with E-state index in [-0.39, 0.29) is 11.8 Å². The van der Waals surface area contributed by atoms with Crippen LogP contribution in [0.1, 0.15) is 12.0 Å². The maximum atomic E-state index is 11.3. The molecule has 1 atom stereocenters. The van der Waals surface area contributed by atoms with Crippen LogP contribution in [0.5, 0.6) is 0 Å². The van der Waals surface area contributed by atoms with Gasteiger partial charge in [0.05, 0.1) is 5.69 Å². The lowest BCUT2D eigenvalue weighted by molar-refractivity contribution is -0.138. The Labute approximate surface area is 139 Å². The molecule has 7 heteroatoms. The monoisotopic (exact) mass is 336 g/mol. The number of amides is 2. The molecule has 1 heterocycles. The lowest BCUT2D eigenvalue weighted by Crippen LogP contribution is -2.30. The van der Waals surface area contributed by atoms with Gasteiger partial charge in [0.15, 0.2) is 0 Å². The maximum absolute atomic E-state index is 11.3. The Balaban J connectivity index is 0.000000257. The van der Waals surface area contributed by atoms with Gasteiger partial charge >= 0.3 is 5.97 Å². The predicted octanol–water partition coefficient (Wildman–Crippen LogP) is 1.58. The highest BCUT2D eigenvalue weighted by Gasteiger charge is 2.24. The zero-order chi connectivity index (χ0) is 17.4. The normalized spacial score (nSPS) is 14.5. The van der Waals surface area contributed by atoms with Crippen molar-refractivity contribution >= 4 is 35.2 Å². The van der Waals surface area contributed by atoms with Crippen LogP contribution in [-0.2, 0) is 14.4 Å². The molecular weight excluding hydrogens is 316 g/mol. The molecule has 3 N–H and O–H groups in total. The topological polar surface area (TPSA) is 101 Å². The standard InChI is InChI=1S/C11H9NO2.C5H11NO2S/c1-8-2-4-9(5-3-8)12-10(13)6-7-11(12)14;1-9-3-2-4(6)5(7)8/h2-7H,1H3;4H,2-3,6H2,1H3,(H,7,8)/t;4-/m.0/s1. The summed E-state index contributed by atoms with van der Waals surface area (Å²) in [6, 6.07) is 6.58. The molecule has 1 aliphatic heterocycles. The second-order valence-electron chi connectivity index (χ2n) is 4.91. The SMILES string of the molecule is CSCC[C@H](N)C(=O)O.Cc1ccc(N2C(=O)C=CC2=O)cc1. The number of aliphatic carboxylic acids is 1. The molecule has 0 unspecified atom stereocenters. The van der Waals surface area contributed by atoms with Crippen molar-refractivity contribution in [3.63, 3.8) is 0 Å². The Bertz CT molecular complexity index is 581. The first-order valence-electron chi connectivity index (χ1n) is 6.97. The Hall–Kier alpha value is -2.12. The fraction of sp³-hybridized carbons (Fsp3) is 0.312. The Morgan fingerprint density at radius 1 is 1.22 bits per heavy atom. The lowest BCUT2D eigenvalue weighted by Gasteiger charge is -2.13. The van der Waals surface area contributed by atoms with Crippen LogP contribution in [0.4, 0.5) is 5.69 Å². The molecule has 0 aromatic heterocycles. The minimum absolute atomic E-state index is 0.279. The summed E-state index contributed by atoms with van der Waals surface area (Å²) in [7, 11) is 0. The number of rotatable bonds is 5. The van der Waals surface area contributed by atoms with E-state index in [0.29, 0.717) is 12.1 Å². The molecule has 2 rings (SSSR count). The molecule has 0 radical (unpaired) electrons. The fourth-order valence-electron chi connectivity index (χ4n) is 1.72. The molecule has 0 bridgehead atoms. The molecule has 1 aromatic carbocycles. The van der Waals surface area contributed by atoms with Crippen LogP contribution in [-0.4, -0.2) is 40.9 Å². The van der Waals surface area contributed by atoms with Crippen LogP contribution in [0.2, 0.25) is 0 Å². The van der Waals surface area contributed by atoms with Crippen LogP contribution in [0.3, 0.4) is 0 Å². The van der Waals surface area contributed by atoms with Crippen LogP contribution in [0.25, 0.3) is 0 Å². The molecular formula is C16H20N2O4S. The first-order valence-corrected chi connectivity index (χ1v) is 8.36. The molecule has 1 aliphatic rings. The number of carbonyl (C=O) groups excluding carboxylic acids is 2. The van der Waals surface area contributed by atoms with Crippen molar-refractivity contribution in [1.82, 2.24) is 0 Å². The number of anilines is 1. The quantitative estimate of drug-likeness (QED) is 0.792. The number of nitrogens with two attached hydrogens (primary N) is 1. The number of aryl methyl sites for hydroxylation is 1. The number of hydrogen-bond acceptors (Lipinski definition) is 5. The molecule has 0 saturated heterocycles. The minimum Gasteiger partial charge on any atom is -0.480 e. The smallest absolute Gasteiger partial charge is 0.320 e. The van der Waals surface area contributed by atoms with Crippen LogP contribution < -0.4 is 10.6 Å². The molecule has 23 heavy (non-hydrogen) atoms. The van der Waals surface area contributed by atoms with Crippen LogP contribution in [0.15, 0.2) is 36.4 Å². The van der Waals surface area contributed by atoms with Gasteiger partial charge in [0.25, 0.3) is 11.8 Å². The molecule has 6 nitrogen and oxygen atoms in total. The van der Waals surface area contributed by atoms with Crippen molar-refractivity contribution in [2.24, 2.45) is 5.73 Å². The summed E-state index contributed by atoms with van der Waals surface area (Å²) >= 11 is 1.60. The van der Waals surface area contributed by atoms with E-state index in [4.69, 9.17) is 10.8 Å². The summed E-state index contributed by atoms with van der Waals surface area (Å²) in [6.45, 7) is 1.95. The van der Waals surface area contributed by atoms with Gasteiger partial charge in [-0.05, 0) is 37.5 Å². The largest absolute Gasteiger partial charge is 0.480 e. The Morgan fingerprint density at radius 3 is 2.17 bits per heavy atom. The first-order chi connectivity index (χ1) is 10.9. The number of benzene rings is 1. The second-order valence-corrected chi connectivity index (χ2v) is 5.89. The van der Waals surface area contributed by atoms with E-state index in [1.165, 1.54) is 12.2 Å². The van der Waals surface area contributed by atoms with E-state index in [2.05, 4.69) is 0 Å². The number of nitrogens with zero attached hydrogens (tertiary/aromatic N) is 1. The Kier molecular flexibility index (Phi) is 7.50. The average Bonchev–Trinajstić information content (AvgIpc) is 2.85. The van der Waals surface area contributed by atoms with Gasteiger partial charge in [0.1, 0.15) is 6.04 Å². The molecule has 124 valence electrons. The van der Waals surface area contributed by atoms with Crippen molar-refractivity contribution in [2.75, 3.05) is 16.9 Å². The van der Waals surface area contributed by atoms with Crippen molar-refractivity contribution in [1.29, 1.82) is 0 Å². The highest BCUT2D eigenvalue weighted by molar-refractivity contribution is 7.98. The number of hydrogen-bond donors (Lipinski definition) is 2. The third-order valence-corrected chi connectivity index (χ3v) is 3.70. The van der Waals surface area contributed by atoms with Gasteiger partial charge in [0.2, 0.25) is 0 Å². The molecule has 1 aromatic rings. The van der Waals surface area contributed by atoms with E-state index >= 15 is 0 Å². The molecule has 0 saturated carbocycles. The van der Waals surface area contributed by atoms with E-state index in [1.807, 2.05) is 25.3 Å². The third kappa shape index (κ3) is 5.88. The third-order valence-electron chi connectivity index (χ3n) is 3.05. The van der Waals surface area contributed by atoms with Gasteiger partial charge in [-0.25, -0.2) is 4.90 Å². The number of carboxylic acid groups (broad SMARTS) is 1. The summed E-state index contributed by atoms with van der Waals surface area (Å²) in [4.78, 5) is 33.8. The summed E-state index contributed by atoms with van der Waals surface area (Å²) < 4.78 is 0. The highest BCUT2D eigenvalue weighted by Crippen LogP contribution is 2.18. The number of carboxylic acids is 1. The fourth-order valence-corrected chi connectivity index (χ4v) is 2.21. The zero-order valence-corrected chi connectivity index (χ0v) is 13.9. The highest BCUT2D eigenvalue weighted by atomic mass is 32.2. The number of carbonyl (C=O) groups is 3. The second kappa shape index (κ2) is 9.12. The molecule has 0 aliphatic carbocycles. The zero-order valence-electron chi connectivity index (χ0n) is 13.1. The molecule has 2 amide bonds. The van der Waals surface area contributed by atoms with Gasteiger partial charge < -0.3 is 10.8 Å². The summed E-state index contributed by atoms with van der Waals surface area (Å²) in [6.07, 6.45) is 5.04. The Morgan fingerprint density at radius 2 is 1.74 bits per heavy atom. The number of imide groups is 1. The van der Waals surface area contributed by atoms with E-state index in [1.54, 1.807) is 23.9 Å². The van der Waals surface area contributed by atoms with Gasteiger partial charge in [-0.1, -0.05) is 17.7 Å². The van der Waals surface area contributed by atoms with Crippen molar-refractivity contribution in [2.45, 2.75) is 19.4 Å². The van der Waals surface area contributed by atoms with Crippen LogP contribution in [0, 0.1) is 6.92 Å². The summed E-state index contributed by atoms with van der Waals surface area (Å²) in [5.74, 6) is -0.658. The van der Waals surface area contributed by atoms with E-state index < -0.39 is 12.0 Å². The van der Waals surface area contributed by atoms with E-state index in [9.17, 15) is 14.4 Å². The average molecular weight is 336 g/mol. The van der Waals surface area contributed by atoms with Crippen molar-refractivity contribution in [3.8, 4) is 0 Å². The van der Waals surface area contributed by atoms with Gasteiger partial charge in [-0.3, -0.25) is 14.4 Å². The predicted molar refractivity (Wildman–Crippen MR) is 91.4 cm³/mol. The minimum atomic E-state index is -0.913.